The Morgan fingerprint density at radius 1 is 1.07 bits per heavy atom. The number of fused-ring (bicyclic) bond motifs is 1. The quantitative estimate of drug-likeness (QED) is 0.733. The fourth-order valence-electron chi connectivity index (χ4n) is 4.02. The van der Waals surface area contributed by atoms with Crippen molar-refractivity contribution in [1.82, 2.24) is 15.1 Å². The molecule has 28 heavy (non-hydrogen) atoms. The Balaban J connectivity index is 1.44. The highest BCUT2D eigenvalue weighted by Crippen LogP contribution is 2.24. The molecule has 3 rings (SSSR count). The molecule has 1 aromatic rings. The van der Waals surface area contributed by atoms with Crippen molar-refractivity contribution >= 4 is 17.7 Å². The van der Waals surface area contributed by atoms with Crippen molar-refractivity contribution in [3.05, 3.63) is 34.9 Å². The number of nitrogens with one attached hydrogen (secondary N) is 1. The summed E-state index contributed by atoms with van der Waals surface area (Å²) in [6.07, 6.45) is 4.51. The van der Waals surface area contributed by atoms with Crippen molar-refractivity contribution in [2.75, 3.05) is 26.2 Å². The number of benzene rings is 1. The zero-order chi connectivity index (χ0) is 20.3. The molecule has 0 bridgehead atoms. The van der Waals surface area contributed by atoms with Crippen LogP contribution in [0.1, 0.15) is 72.2 Å². The largest absolute Gasteiger partial charge is 0.354 e. The summed E-state index contributed by atoms with van der Waals surface area (Å²) in [5, 5.41) is 3.02. The topological polar surface area (TPSA) is 69.7 Å². The summed E-state index contributed by atoms with van der Waals surface area (Å²) in [6, 6.07) is 5.30. The van der Waals surface area contributed by atoms with Crippen LogP contribution in [0.25, 0.3) is 0 Å². The first-order valence-corrected chi connectivity index (χ1v) is 10.3. The third kappa shape index (κ3) is 4.43. The molecule has 0 saturated carbocycles. The zero-order valence-corrected chi connectivity index (χ0v) is 17.2. The minimum Gasteiger partial charge on any atom is -0.354 e. The first-order chi connectivity index (χ1) is 13.3. The normalized spacial score (nSPS) is 17.8. The minimum absolute atomic E-state index is 0.0301. The predicted octanol–water partition coefficient (Wildman–Crippen LogP) is 2.75. The molecule has 2 aliphatic rings. The number of amides is 3. The fourth-order valence-corrected chi connectivity index (χ4v) is 4.02. The van der Waals surface area contributed by atoms with Crippen molar-refractivity contribution in [3.63, 3.8) is 0 Å². The van der Waals surface area contributed by atoms with E-state index in [2.05, 4.69) is 24.1 Å². The van der Waals surface area contributed by atoms with E-state index in [0.29, 0.717) is 30.5 Å². The summed E-state index contributed by atoms with van der Waals surface area (Å²) in [6.45, 7) is 9.28. The van der Waals surface area contributed by atoms with Gasteiger partial charge in [-0.1, -0.05) is 18.1 Å². The van der Waals surface area contributed by atoms with Crippen LogP contribution in [0.4, 0.5) is 0 Å². The molecule has 0 radical (unpaired) electrons. The highest BCUT2D eigenvalue weighted by Gasteiger charge is 2.35. The Labute approximate surface area is 167 Å². The van der Waals surface area contributed by atoms with Crippen LogP contribution < -0.4 is 5.32 Å². The second kappa shape index (κ2) is 8.43. The van der Waals surface area contributed by atoms with Crippen LogP contribution in [0.15, 0.2) is 18.2 Å². The summed E-state index contributed by atoms with van der Waals surface area (Å²) < 4.78 is 0. The van der Waals surface area contributed by atoms with Crippen molar-refractivity contribution in [1.29, 1.82) is 0 Å². The number of carbonyl (C=O) groups excluding carboxylic acids is 3. The van der Waals surface area contributed by atoms with Gasteiger partial charge >= 0.3 is 0 Å². The van der Waals surface area contributed by atoms with Crippen LogP contribution in [0.3, 0.4) is 0 Å². The van der Waals surface area contributed by atoms with Gasteiger partial charge in [-0.3, -0.25) is 24.2 Å². The Morgan fingerprint density at radius 3 is 2.46 bits per heavy atom. The van der Waals surface area contributed by atoms with Gasteiger partial charge in [0.1, 0.15) is 0 Å². The molecule has 6 nitrogen and oxygen atoms in total. The van der Waals surface area contributed by atoms with E-state index in [0.717, 1.165) is 18.7 Å². The summed E-state index contributed by atoms with van der Waals surface area (Å²) >= 11 is 0. The molecule has 0 unspecified atom stereocenters. The molecule has 152 valence electrons. The van der Waals surface area contributed by atoms with Crippen LogP contribution in [-0.2, 0) is 4.79 Å². The lowest BCUT2D eigenvalue weighted by molar-refractivity contribution is -0.121. The third-order valence-electron chi connectivity index (χ3n) is 5.84. The van der Waals surface area contributed by atoms with Gasteiger partial charge in [0.2, 0.25) is 5.91 Å². The van der Waals surface area contributed by atoms with E-state index in [4.69, 9.17) is 0 Å². The van der Waals surface area contributed by atoms with E-state index in [1.165, 1.54) is 24.2 Å². The number of nitrogens with zero attached hydrogens (tertiary/aromatic N) is 2. The van der Waals surface area contributed by atoms with Gasteiger partial charge in [0.15, 0.2) is 0 Å². The molecule has 3 amide bonds. The summed E-state index contributed by atoms with van der Waals surface area (Å²) in [5.74, 6) is -0.542. The number of aryl methyl sites for hydroxylation is 1. The minimum atomic E-state index is -0.258. The van der Waals surface area contributed by atoms with Gasteiger partial charge in [-0.25, -0.2) is 0 Å². The molecule has 1 fully saturated rings. The van der Waals surface area contributed by atoms with E-state index in [1.54, 1.807) is 12.1 Å². The molecular formula is C22H31N3O3. The molecule has 0 aromatic heterocycles. The maximum Gasteiger partial charge on any atom is 0.261 e. The van der Waals surface area contributed by atoms with Crippen molar-refractivity contribution in [3.8, 4) is 0 Å². The van der Waals surface area contributed by atoms with Gasteiger partial charge in [0.05, 0.1) is 11.1 Å². The lowest BCUT2D eigenvalue weighted by Gasteiger charge is -2.41. The Morgan fingerprint density at radius 2 is 1.75 bits per heavy atom. The number of likely N-dealkylation sites (tertiary alicyclic amines) is 1. The number of imide groups is 1. The van der Waals surface area contributed by atoms with Crippen LogP contribution in [-0.4, -0.2) is 59.2 Å². The summed E-state index contributed by atoms with van der Waals surface area (Å²) in [4.78, 5) is 40.8. The molecule has 1 saturated heterocycles. The molecule has 1 aromatic carbocycles. The molecular weight excluding hydrogens is 354 g/mol. The average molecular weight is 386 g/mol. The van der Waals surface area contributed by atoms with Crippen LogP contribution >= 0.6 is 0 Å². The van der Waals surface area contributed by atoms with Crippen molar-refractivity contribution < 1.29 is 14.4 Å². The van der Waals surface area contributed by atoms with Crippen molar-refractivity contribution in [2.24, 2.45) is 0 Å². The lowest BCUT2D eigenvalue weighted by Crippen LogP contribution is -2.53. The number of rotatable bonds is 7. The lowest BCUT2D eigenvalue weighted by atomic mass is 9.98. The summed E-state index contributed by atoms with van der Waals surface area (Å²) in [7, 11) is 0. The SMILES string of the molecule is Cc1ccc2c(c1)C(=O)N(CCCC(=O)NCC(C)(C)N1CCCCC1)C2=O. The third-order valence-corrected chi connectivity index (χ3v) is 5.84. The molecule has 2 aliphatic heterocycles. The average Bonchev–Trinajstić information content (AvgIpc) is 2.91. The maximum absolute atomic E-state index is 12.5. The van der Waals surface area contributed by atoms with Crippen LogP contribution in [0, 0.1) is 6.92 Å². The maximum atomic E-state index is 12.5. The monoisotopic (exact) mass is 385 g/mol. The second-order valence-corrected chi connectivity index (χ2v) is 8.55. The van der Waals surface area contributed by atoms with E-state index in [1.807, 2.05) is 13.0 Å². The number of hydrogen-bond acceptors (Lipinski definition) is 4. The molecule has 0 aliphatic carbocycles. The molecule has 0 atom stereocenters. The molecule has 0 spiro atoms. The standard InChI is InChI=1S/C22H31N3O3/c1-16-9-10-17-18(14-16)21(28)25(20(17)27)13-7-8-19(26)23-15-22(2,3)24-11-5-4-6-12-24/h9-10,14H,4-8,11-13,15H2,1-3H3,(H,23,26). The van der Waals surface area contributed by atoms with Gasteiger partial charge < -0.3 is 5.32 Å². The van der Waals surface area contributed by atoms with E-state index >= 15 is 0 Å². The zero-order valence-electron chi connectivity index (χ0n) is 17.2. The second-order valence-electron chi connectivity index (χ2n) is 8.55. The molecule has 6 heteroatoms. The highest BCUT2D eigenvalue weighted by atomic mass is 16.2. The summed E-state index contributed by atoms with van der Waals surface area (Å²) in [5.41, 5.74) is 1.83. The van der Waals surface area contributed by atoms with Gasteiger partial charge in [0, 0.05) is 25.0 Å². The molecule has 1 N–H and O–H groups in total. The Kier molecular flexibility index (Phi) is 6.18. The van der Waals surface area contributed by atoms with Crippen LogP contribution in [0.2, 0.25) is 0 Å². The van der Waals surface area contributed by atoms with E-state index in [9.17, 15) is 14.4 Å². The highest BCUT2D eigenvalue weighted by molar-refractivity contribution is 6.21. The first-order valence-electron chi connectivity index (χ1n) is 10.3. The smallest absolute Gasteiger partial charge is 0.261 e. The van der Waals surface area contributed by atoms with E-state index in [-0.39, 0.29) is 29.8 Å². The number of carbonyl (C=O) groups is 3. The van der Waals surface area contributed by atoms with E-state index < -0.39 is 0 Å². The van der Waals surface area contributed by atoms with Crippen LogP contribution in [0.5, 0.6) is 0 Å². The van der Waals surface area contributed by atoms with Gasteiger partial charge in [-0.2, -0.15) is 0 Å². The van der Waals surface area contributed by atoms with Gasteiger partial charge in [-0.15, -0.1) is 0 Å². The van der Waals surface area contributed by atoms with Gasteiger partial charge in [-0.05, 0) is 65.3 Å². The number of piperidine rings is 1. The predicted molar refractivity (Wildman–Crippen MR) is 108 cm³/mol. The Bertz CT molecular complexity index is 766. The molecule has 2 heterocycles. The Hall–Kier alpha value is -2.21. The van der Waals surface area contributed by atoms with Crippen molar-refractivity contribution in [2.45, 2.75) is 58.4 Å². The number of hydrogen-bond donors (Lipinski definition) is 1. The fraction of sp³-hybridized carbons (Fsp3) is 0.591. The first kappa shape index (κ1) is 20.5. The van der Waals surface area contributed by atoms with Gasteiger partial charge in [0.25, 0.3) is 11.8 Å².